The number of hydrogen-bond acceptors (Lipinski definition) is 4. The van der Waals surface area contributed by atoms with Gasteiger partial charge in [0.1, 0.15) is 5.69 Å². The van der Waals surface area contributed by atoms with Crippen LogP contribution in [0, 0.1) is 5.92 Å². The van der Waals surface area contributed by atoms with E-state index in [2.05, 4.69) is 16.9 Å². The average molecular weight is 413 g/mol. The number of rotatable bonds is 6. The fourth-order valence-corrected chi connectivity index (χ4v) is 3.64. The van der Waals surface area contributed by atoms with Gasteiger partial charge < -0.3 is 10.1 Å². The summed E-state index contributed by atoms with van der Waals surface area (Å²) in [6.07, 6.45) is 5.93. The minimum atomic E-state index is -0.306. The molecular formula is C21H21ClN4O3. The summed E-state index contributed by atoms with van der Waals surface area (Å²) < 4.78 is 8.48. The first kappa shape index (κ1) is 19.4. The Labute approximate surface area is 172 Å². The summed E-state index contributed by atoms with van der Waals surface area (Å²) in [5.41, 5.74) is 1.55. The van der Waals surface area contributed by atoms with E-state index >= 15 is 0 Å². The highest BCUT2D eigenvalue weighted by Gasteiger charge is 2.19. The second kappa shape index (κ2) is 8.23. The number of carbonyl (C=O) groups is 1. The smallest absolute Gasteiger partial charge is 0.295 e. The van der Waals surface area contributed by atoms with Gasteiger partial charge in [-0.25, -0.2) is 4.98 Å². The van der Waals surface area contributed by atoms with Gasteiger partial charge in [-0.05, 0) is 18.6 Å². The molecule has 0 saturated carbocycles. The van der Waals surface area contributed by atoms with Crippen molar-refractivity contribution >= 4 is 23.2 Å². The monoisotopic (exact) mass is 412 g/mol. The van der Waals surface area contributed by atoms with Crippen LogP contribution in [0.1, 0.15) is 16.9 Å². The zero-order valence-corrected chi connectivity index (χ0v) is 16.6. The van der Waals surface area contributed by atoms with Crippen LogP contribution in [0.3, 0.4) is 0 Å². The second-order valence-corrected chi connectivity index (χ2v) is 7.46. The lowest BCUT2D eigenvalue weighted by atomic mass is 10.1. The molecule has 0 radical (unpaired) electrons. The molecule has 4 rings (SSSR count). The summed E-state index contributed by atoms with van der Waals surface area (Å²) in [4.78, 5) is 29.9. The molecule has 3 heterocycles. The van der Waals surface area contributed by atoms with Gasteiger partial charge in [0.05, 0.1) is 12.3 Å². The summed E-state index contributed by atoms with van der Waals surface area (Å²) in [5.74, 6) is 0.00908. The van der Waals surface area contributed by atoms with Crippen molar-refractivity contribution in [1.29, 1.82) is 0 Å². The van der Waals surface area contributed by atoms with Crippen molar-refractivity contribution in [3.8, 4) is 11.3 Å². The summed E-state index contributed by atoms with van der Waals surface area (Å²) in [6.45, 7) is 5.96. The molecule has 1 fully saturated rings. The van der Waals surface area contributed by atoms with Gasteiger partial charge in [-0.3, -0.25) is 18.6 Å². The molecule has 150 valence electrons. The van der Waals surface area contributed by atoms with Gasteiger partial charge >= 0.3 is 0 Å². The minimum absolute atomic E-state index is 0.187. The van der Waals surface area contributed by atoms with Crippen molar-refractivity contribution in [3.05, 3.63) is 70.4 Å². The molecule has 1 aliphatic rings. The minimum Gasteiger partial charge on any atom is -0.381 e. The first-order valence-corrected chi connectivity index (χ1v) is 9.80. The number of halogens is 1. The van der Waals surface area contributed by atoms with Crippen LogP contribution in [0.5, 0.6) is 0 Å². The maximum absolute atomic E-state index is 13.1. The Bertz CT molecular complexity index is 1130. The molecular weight excluding hydrogens is 392 g/mol. The van der Waals surface area contributed by atoms with E-state index < -0.39 is 0 Å². The molecule has 1 aromatic carbocycles. The van der Waals surface area contributed by atoms with Gasteiger partial charge in [0.15, 0.2) is 0 Å². The number of imidazole rings is 1. The van der Waals surface area contributed by atoms with E-state index in [1.807, 2.05) is 12.1 Å². The number of aromatic nitrogens is 3. The number of fused-ring (bicyclic) bond motifs is 1. The Balaban J connectivity index is 1.72. The standard InChI is InChI=1S/C21H21ClN4O3/c1-2-7-26-18(15-4-3-5-16(22)9-15)12-25-11-17(24-19(25)21(26)28)20(27)23-10-14-6-8-29-13-14/h2-5,9,11-12,14H,1,6-8,10,13H2,(H,23,27)/t14-/m0/s1. The highest BCUT2D eigenvalue weighted by atomic mass is 35.5. The lowest BCUT2D eigenvalue weighted by molar-refractivity contribution is 0.0940. The topological polar surface area (TPSA) is 77.6 Å². The van der Waals surface area contributed by atoms with Crippen LogP contribution in [0.15, 0.2) is 54.1 Å². The van der Waals surface area contributed by atoms with Crippen LogP contribution in [-0.2, 0) is 11.3 Å². The molecule has 7 nitrogen and oxygen atoms in total. The van der Waals surface area contributed by atoms with Gasteiger partial charge in [-0.1, -0.05) is 29.8 Å². The van der Waals surface area contributed by atoms with Gasteiger partial charge in [-0.2, -0.15) is 0 Å². The Hall–Kier alpha value is -2.90. The Morgan fingerprint density at radius 1 is 1.41 bits per heavy atom. The summed E-state index contributed by atoms with van der Waals surface area (Å²) >= 11 is 6.13. The van der Waals surface area contributed by atoms with Crippen LogP contribution >= 0.6 is 11.6 Å². The molecule has 0 bridgehead atoms. The van der Waals surface area contributed by atoms with Crippen molar-refractivity contribution < 1.29 is 9.53 Å². The predicted molar refractivity (Wildman–Crippen MR) is 111 cm³/mol. The molecule has 2 aromatic heterocycles. The van der Waals surface area contributed by atoms with Gasteiger partial charge in [0.25, 0.3) is 11.5 Å². The van der Waals surface area contributed by atoms with Crippen LogP contribution < -0.4 is 10.9 Å². The quantitative estimate of drug-likeness (QED) is 0.631. The van der Waals surface area contributed by atoms with Crippen molar-refractivity contribution in [3.63, 3.8) is 0 Å². The number of allylic oxidation sites excluding steroid dienone is 1. The van der Waals surface area contributed by atoms with Gasteiger partial charge in [-0.15, -0.1) is 6.58 Å². The highest BCUT2D eigenvalue weighted by Crippen LogP contribution is 2.22. The zero-order chi connectivity index (χ0) is 20.4. The van der Waals surface area contributed by atoms with Crippen molar-refractivity contribution in [2.75, 3.05) is 19.8 Å². The SMILES string of the molecule is C=CCn1c(-c2cccc(Cl)c2)cn2cc(C(=O)NC[C@@H]3CCOC3)nc2c1=O. The maximum atomic E-state index is 13.1. The lowest BCUT2D eigenvalue weighted by Gasteiger charge is -2.12. The van der Waals surface area contributed by atoms with E-state index in [0.717, 1.165) is 18.6 Å². The van der Waals surface area contributed by atoms with E-state index in [1.165, 1.54) is 0 Å². The molecule has 1 saturated heterocycles. The predicted octanol–water partition coefficient (Wildman–Crippen LogP) is 2.77. The highest BCUT2D eigenvalue weighted by molar-refractivity contribution is 6.30. The Morgan fingerprint density at radius 3 is 3.00 bits per heavy atom. The molecule has 1 atom stereocenters. The Morgan fingerprint density at radius 2 is 2.28 bits per heavy atom. The van der Waals surface area contributed by atoms with E-state index in [0.29, 0.717) is 36.3 Å². The summed E-state index contributed by atoms with van der Waals surface area (Å²) in [7, 11) is 0. The lowest BCUT2D eigenvalue weighted by Crippen LogP contribution is -2.29. The fraction of sp³-hybridized carbons (Fsp3) is 0.286. The van der Waals surface area contributed by atoms with Crippen LogP contribution in [0.25, 0.3) is 16.9 Å². The fourth-order valence-electron chi connectivity index (χ4n) is 3.45. The van der Waals surface area contributed by atoms with E-state index in [4.69, 9.17) is 16.3 Å². The molecule has 1 N–H and O–H groups in total. The third-order valence-corrected chi connectivity index (χ3v) is 5.20. The van der Waals surface area contributed by atoms with E-state index in [-0.39, 0.29) is 22.8 Å². The second-order valence-electron chi connectivity index (χ2n) is 7.03. The molecule has 0 unspecified atom stereocenters. The summed E-state index contributed by atoms with van der Waals surface area (Å²) in [5, 5.41) is 3.45. The zero-order valence-electron chi connectivity index (χ0n) is 15.8. The number of amides is 1. The average Bonchev–Trinajstić information content (AvgIpc) is 3.38. The maximum Gasteiger partial charge on any atom is 0.295 e. The molecule has 29 heavy (non-hydrogen) atoms. The van der Waals surface area contributed by atoms with Crippen molar-refractivity contribution in [1.82, 2.24) is 19.3 Å². The number of ether oxygens (including phenoxy) is 1. The van der Waals surface area contributed by atoms with E-state index in [9.17, 15) is 9.59 Å². The number of nitrogens with one attached hydrogen (secondary N) is 1. The number of hydrogen-bond donors (Lipinski definition) is 1. The van der Waals surface area contributed by atoms with Crippen molar-refractivity contribution in [2.24, 2.45) is 5.92 Å². The number of nitrogens with zero attached hydrogens (tertiary/aromatic N) is 3. The summed E-state index contributed by atoms with van der Waals surface area (Å²) in [6, 6.07) is 7.26. The number of carbonyl (C=O) groups excluding carboxylic acids is 1. The molecule has 0 spiro atoms. The molecule has 0 aliphatic carbocycles. The van der Waals surface area contributed by atoms with Crippen molar-refractivity contribution in [2.45, 2.75) is 13.0 Å². The van der Waals surface area contributed by atoms with Crippen LogP contribution in [-0.4, -0.2) is 39.6 Å². The van der Waals surface area contributed by atoms with Gasteiger partial charge in [0.2, 0.25) is 5.65 Å². The normalized spacial score (nSPS) is 16.2. The number of benzene rings is 1. The molecule has 1 aliphatic heterocycles. The van der Waals surface area contributed by atoms with Gasteiger partial charge in [0, 0.05) is 48.6 Å². The third-order valence-electron chi connectivity index (χ3n) is 4.96. The molecule has 1 amide bonds. The third kappa shape index (κ3) is 3.97. The first-order valence-electron chi connectivity index (χ1n) is 9.42. The first-order chi connectivity index (χ1) is 14.1. The molecule has 8 heteroatoms. The largest absolute Gasteiger partial charge is 0.381 e. The van der Waals surface area contributed by atoms with Crippen LogP contribution in [0.2, 0.25) is 5.02 Å². The van der Waals surface area contributed by atoms with E-state index in [1.54, 1.807) is 39.6 Å². The molecule has 3 aromatic rings. The Kier molecular flexibility index (Phi) is 5.51. The van der Waals surface area contributed by atoms with Crippen LogP contribution in [0.4, 0.5) is 0 Å².